The van der Waals surface area contributed by atoms with Crippen molar-refractivity contribution < 1.29 is 8.78 Å². The molecule has 0 saturated carbocycles. The molecule has 100 valence electrons. The second-order valence-electron chi connectivity index (χ2n) is 4.42. The molecular weight excluding hydrogens is 324 g/mol. The molecule has 0 N–H and O–H groups in total. The third kappa shape index (κ3) is 2.43. The van der Waals surface area contributed by atoms with Crippen LogP contribution in [0.5, 0.6) is 0 Å². The van der Waals surface area contributed by atoms with E-state index in [0.717, 1.165) is 10.0 Å². The topological polar surface area (TPSA) is 12.9 Å². The zero-order chi connectivity index (χ0) is 14.1. The van der Waals surface area contributed by atoms with Crippen molar-refractivity contribution in [3.63, 3.8) is 0 Å². The van der Waals surface area contributed by atoms with E-state index in [-0.39, 0.29) is 5.56 Å². The van der Waals surface area contributed by atoms with Crippen molar-refractivity contribution in [2.24, 2.45) is 0 Å². The second kappa shape index (κ2) is 5.29. The molecular formula is C16H10BrF2N. The lowest BCUT2D eigenvalue weighted by atomic mass is 10.0. The molecule has 1 nitrogen and oxygen atoms in total. The Kier molecular flexibility index (Phi) is 3.49. The summed E-state index contributed by atoms with van der Waals surface area (Å²) in [7, 11) is 0. The zero-order valence-electron chi connectivity index (χ0n) is 10.4. The van der Waals surface area contributed by atoms with Gasteiger partial charge in [0.15, 0.2) is 0 Å². The molecule has 0 aliphatic carbocycles. The maximum absolute atomic E-state index is 13.3. The zero-order valence-corrected chi connectivity index (χ0v) is 11.9. The molecule has 20 heavy (non-hydrogen) atoms. The van der Waals surface area contributed by atoms with E-state index in [9.17, 15) is 8.78 Å². The highest BCUT2D eigenvalue weighted by molar-refractivity contribution is 9.10. The Morgan fingerprint density at radius 2 is 1.70 bits per heavy atom. The summed E-state index contributed by atoms with van der Waals surface area (Å²) in [6, 6.07) is 16.0. The summed E-state index contributed by atoms with van der Waals surface area (Å²) in [4.78, 5) is 4.49. The largest absolute Gasteiger partial charge is 0.264 e. The van der Waals surface area contributed by atoms with Crippen molar-refractivity contribution >= 4 is 26.8 Å². The molecule has 1 heterocycles. The molecule has 4 heteroatoms. The third-order valence-electron chi connectivity index (χ3n) is 3.11. The fraction of sp³-hybridized carbons (Fsp3) is 0.0625. The van der Waals surface area contributed by atoms with Gasteiger partial charge in [0.05, 0.1) is 11.2 Å². The fourth-order valence-electron chi connectivity index (χ4n) is 2.17. The molecule has 0 saturated heterocycles. The number of hydrogen-bond donors (Lipinski definition) is 0. The minimum atomic E-state index is -2.52. The normalized spacial score (nSPS) is 11.2. The number of nitrogens with zero attached hydrogens (tertiary/aromatic N) is 1. The second-order valence-corrected chi connectivity index (χ2v) is 5.34. The molecule has 0 unspecified atom stereocenters. The molecule has 0 aliphatic heterocycles. The van der Waals surface area contributed by atoms with Crippen molar-refractivity contribution in [1.29, 1.82) is 0 Å². The molecule has 2 aromatic carbocycles. The van der Waals surface area contributed by atoms with Crippen LogP contribution >= 0.6 is 15.9 Å². The first kappa shape index (κ1) is 13.2. The SMILES string of the molecule is FC(F)c1cc(-c2ccccc2)nc2cc(Br)ccc12. The molecule has 0 fully saturated rings. The van der Waals surface area contributed by atoms with E-state index in [1.807, 2.05) is 30.3 Å². The minimum Gasteiger partial charge on any atom is -0.248 e. The highest BCUT2D eigenvalue weighted by atomic mass is 79.9. The van der Waals surface area contributed by atoms with Gasteiger partial charge in [-0.25, -0.2) is 13.8 Å². The minimum absolute atomic E-state index is 0.0151. The standard InChI is InChI=1S/C16H10BrF2N/c17-11-6-7-12-13(16(18)19)9-14(20-15(12)8-11)10-4-2-1-3-5-10/h1-9,16H. The number of fused-ring (bicyclic) bond motifs is 1. The van der Waals surface area contributed by atoms with Crippen LogP contribution in [0.25, 0.3) is 22.2 Å². The van der Waals surface area contributed by atoms with Crippen molar-refractivity contribution in [3.05, 3.63) is 64.6 Å². The van der Waals surface area contributed by atoms with Crippen LogP contribution in [0.2, 0.25) is 0 Å². The van der Waals surface area contributed by atoms with Crippen molar-refractivity contribution in [2.75, 3.05) is 0 Å². The van der Waals surface area contributed by atoms with E-state index in [2.05, 4.69) is 20.9 Å². The Labute approximate surface area is 123 Å². The Morgan fingerprint density at radius 1 is 0.950 bits per heavy atom. The molecule has 3 rings (SSSR count). The molecule has 3 aromatic rings. The van der Waals surface area contributed by atoms with Gasteiger partial charge in [0.25, 0.3) is 6.43 Å². The van der Waals surface area contributed by atoms with E-state index in [4.69, 9.17) is 0 Å². The van der Waals surface area contributed by atoms with Gasteiger partial charge in [-0.1, -0.05) is 52.3 Å². The Bertz CT molecular complexity index is 757. The van der Waals surface area contributed by atoms with Gasteiger partial charge in [0.2, 0.25) is 0 Å². The number of aromatic nitrogens is 1. The van der Waals surface area contributed by atoms with Crippen LogP contribution in [-0.2, 0) is 0 Å². The molecule has 0 atom stereocenters. The summed E-state index contributed by atoms with van der Waals surface area (Å²) in [5.41, 5.74) is 1.97. The smallest absolute Gasteiger partial charge is 0.248 e. The summed E-state index contributed by atoms with van der Waals surface area (Å²) >= 11 is 3.35. The lowest BCUT2D eigenvalue weighted by Crippen LogP contribution is -1.93. The third-order valence-corrected chi connectivity index (χ3v) is 3.60. The summed E-state index contributed by atoms with van der Waals surface area (Å²) in [6.45, 7) is 0. The van der Waals surface area contributed by atoms with Gasteiger partial charge in [-0.05, 0) is 18.2 Å². The predicted molar refractivity (Wildman–Crippen MR) is 79.8 cm³/mol. The molecule has 0 bridgehead atoms. The highest BCUT2D eigenvalue weighted by Crippen LogP contribution is 2.32. The monoisotopic (exact) mass is 333 g/mol. The number of benzene rings is 2. The average molecular weight is 334 g/mol. The van der Waals surface area contributed by atoms with Crippen LogP contribution in [0.1, 0.15) is 12.0 Å². The number of halogens is 3. The molecule has 0 radical (unpaired) electrons. The lowest BCUT2D eigenvalue weighted by molar-refractivity contribution is 0.153. The maximum atomic E-state index is 13.3. The average Bonchev–Trinajstić information content (AvgIpc) is 2.46. The number of rotatable bonds is 2. The number of alkyl halides is 2. The summed E-state index contributed by atoms with van der Waals surface area (Å²) in [6.07, 6.45) is -2.52. The van der Waals surface area contributed by atoms with E-state index < -0.39 is 6.43 Å². The highest BCUT2D eigenvalue weighted by Gasteiger charge is 2.15. The van der Waals surface area contributed by atoms with Crippen LogP contribution in [0.4, 0.5) is 8.78 Å². The summed E-state index contributed by atoms with van der Waals surface area (Å²) in [5.74, 6) is 0. The molecule has 0 amide bonds. The molecule has 0 spiro atoms. The van der Waals surface area contributed by atoms with Gasteiger partial charge in [-0.2, -0.15) is 0 Å². The van der Waals surface area contributed by atoms with Gasteiger partial charge in [0, 0.05) is 21.0 Å². The Morgan fingerprint density at radius 3 is 2.40 bits per heavy atom. The van der Waals surface area contributed by atoms with E-state index >= 15 is 0 Å². The molecule has 0 aliphatic rings. The van der Waals surface area contributed by atoms with Gasteiger partial charge in [-0.3, -0.25) is 0 Å². The first-order valence-corrected chi connectivity index (χ1v) is 6.88. The quantitative estimate of drug-likeness (QED) is 0.594. The van der Waals surface area contributed by atoms with Gasteiger partial charge in [-0.15, -0.1) is 0 Å². The van der Waals surface area contributed by atoms with E-state index in [1.54, 1.807) is 18.2 Å². The van der Waals surface area contributed by atoms with Crippen LogP contribution in [-0.4, -0.2) is 4.98 Å². The fourth-order valence-corrected chi connectivity index (χ4v) is 2.51. The van der Waals surface area contributed by atoms with Gasteiger partial charge in [0.1, 0.15) is 0 Å². The first-order valence-electron chi connectivity index (χ1n) is 6.09. The van der Waals surface area contributed by atoms with Crippen LogP contribution in [0, 0.1) is 0 Å². The number of pyridine rings is 1. The van der Waals surface area contributed by atoms with E-state index in [0.29, 0.717) is 16.6 Å². The van der Waals surface area contributed by atoms with Crippen molar-refractivity contribution in [3.8, 4) is 11.3 Å². The summed E-state index contributed by atoms with van der Waals surface area (Å²) < 4.78 is 27.3. The van der Waals surface area contributed by atoms with Crippen molar-refractivity contribution in [2.45, 2.75) is 6.43 Å². The predicted octanol–water partition coefficient (Wildman–Crippen LogP) is 5.60. The first-order chi connectivity index (χ1) is 9.65. The lowest BCUT2D eigenvalue weighted by Gasteiger charge is -2.09. The maximum Gasteiger partial charge on any atom is 0.264 e. The van der Waals surface area contributed by atoms with Crippen LogP contribution < -0.4 is 0 Å². The molecule has 1 aromatic heterocycles. The summed E-state index contributed by atoms with van der Waals surface area (Å²) in [5, 5.41) is 0.489. The van der Waals surface area contributed by atoms with Gasteiger partial charge < -0.3 is 0 Å². The Hall–Kier alpha value is -1.81. The van der Waals surface area contributed by atoms with Crippen LogP contribution in [0.15, 0.2) is 59.1 Å². The Balaban J connectivity index is 2.30. The van der Waals surface area contributed by atoms with E-state index in [1.165, 1.54) is 6.07 Å². The number of hydrogen-bond acceptors (Lipinski definition) is 1. The van der Waals surface area contributed by atoms with Gasteiger partial charge >= 0.3 is 0 Å². The van der Waals surface area contributed by atoms with Crippen molar-refractivity contribution in [1.82, 2.24) is 4.98 Å². The van der Waals surface area contributed by atoms with Crippen LogP contribution in [0.3, 0.4) is 0 Å².